The Labute approximate surface area is 174 Å². The molecule has 4 rings (SSSR count). The highest BCUT2D eigenvalue weighted by atomic mass is 16.5. The Morgan fingerprint density at radius 2 is 1.93 bits per heavy atom. The van der Waals surface area contributed by atoms with Crippen molar-refractivity contribution in [3.8, 4) is 11.5 Å². The topological polar surface area (TPSA) is 85.8 Å². The predicted octanol–water partition coefficient (Wildman–Crippen LogP) is 2.41. The van der Waals surface area contributed by atoms with E-state index in [0.29, 0.717) is 36.8 Å². The normalized spacial score (nSPS) is 13.9. The fourth-order valence-corrected chi connectivity index (χ4v) is 3.49. The van der Waals surface area contributed by atoms with Gasteiger partial charge in [0.2, 0.25) is 0 Å². The van der Waals surface area contributed by atoms with E-state index in [1.807, 2.05) is 24.3 Å². The molecule has 0 saturated carbocycles. The molecule has 1 aliphatic rings. The van der Waals surface area contributed by atoms with Crippen LogP contribution in [0.15, 0.2) is 42.7 Å². The molecule has 3 aromatic rings. The van der Waals surface area contributed by atoms with Crippen molar-refractivity contribution in [2.45, 2.75) is 6.54 Å². The highest BCUT2D eigenvalue weighted by Gasteiger charge is 2.17. The van der Waals surface area contributed by atoms with Gasteiger partial charge in [0, 0.05) is 42.2 Å². The molecule has 1 N–H and O–H groups in total. The van der Waals surface area contributed by atoms with E-state index in [1.54, 1.807) is 32.7 Å². The second kappa shape index (κ2) is 8.96. The van der Waals surface area contributed by atoms with Gasteiger partial charge in [0.05, 0.1) is 33.0 Å². The second-order valence-electron chi connectivity index (χ2n) is 6.89. The Bertz CT molecular complexity index is 1050. The van der Waals surface area contributed by atoms with Gasteiger partial charge in [0.1, 0.15) is 23.6 Å². The molecule has 1 amide bonds. The molecule has 0 spiro atoms. The van der Waals surface area contributed by atoms with Crippen LogP contribution in [0.1, 0.15) is 15.9 Å². The third-order valence-electron chi connectivity index (χ3n) is 5.12. The summed E-state index contributed by atoms with van der Waals surface area (Å²) in [6.07, 6.45) is 1.56. The molecule has 0 atom stereocenters. The van der Waals surface area contributed by atoms with Gasteiger partial charge in [-0.2, -0.15) is 0 Å². The summed E-state index contributed by atoms with van der Waals surface area (Å²) in [7, 11) is 3.20. The molecule has 0 radical (unpaired) electrons. The maximum absolute atomic E-state index is 12.8. The van der Waals surface area contributed by atoms with Crippen molar-refractivity contribution >= 4 is 22.6 Å². The third-order valence-corrected chi connectivity index (χ3v) is 5.12. The van der Waals surface area contributed by atoms with E-state index in [4.69, 9.17) is 14.2 Å². The first-order valence-electron chi connectivity index (χ1n) is 9.76. The lowest BCUT2D eigenvalue weighted by molar-refractivity contribution is 0.0951. The summed E-state index contributed by atoms with van der Waals surface area (Å²) < 4.78 is 16.1. The number of aromatic nitrogens is 2. The van der Waals surface area contributed by atoms with Crippen LogP contribution in [0.2, 0.25) is 0 Å². The number of rotatable bonds is 6. The number of carbonyl (C=O) groups is 1. The minimum atomic E-state index is -0.174. The molecule has 0 unspecified atom stereocenters. The standard InChI is InChI=1S/C22H24N4O4/c1-28-17-5-3-16(20(12-17)29-2)13-23-22(27)15-4-6-19-18(11-15)21(25-14-24-19)26-7-9-30-10-8-26/h3-6,11-12,14H,7-10,13H2,1-2H3,(H,23,27). The van der Waals surface area contributed by atoms with Gasteiger partial charge in [-0.1, -0.05) is 0 Å². The van der Waals surface area contributed by atoms with Crippen molar-refractivity contribution in [2.75, 3.05) is 45.4 Å². The number of amides is 1. The van der Waals surface area contributed by atoms with Crippen LogP contribution in [-0.4, -0.2) is 56.4 Å². The molecule has 156 valence electrons. The number of fused-ring (bicyclic) bond motifs is 1. The molecule has 1 saturated heterocycles. The van der Waals surface area contributed by atoms with Crippen molar-refractivity contribution in [1.29, 1.82) is 0 Å². The average molecular weight is 408 g/mol. The largest absolute Gasteiger partial charge is 0.497 e. The van der Waals surface area contributed by atoms with E-state index in [0.717, 1.165) is 35.4 Å². The van der Waals surface area contributed by atoms with Gasteiger partial charge in [-0.25, -0.2) is 9.97 Å². The van der Waals surface area contributed by atoms with Crippen LogP contribution in [0.25, 0.3) is 10.9 Å². The summed E-state index contributed by atoms with van der Waals surface area (Å²) in [4.78, 5) is 23.8. The monoisotopic (exact) mass is 408 g/mol. The van der Waals surface area contributed by atoms with Crippen molar-refractivity contribution < 1.29 is 19.0 Å². The first-order chi connectivity index (χ1) is 14.7. The SMILES string of the molecule is COc1ccc(CNC(=O)c2ccc3ncnc(N4CCOCC4)c3c2)c(OC)c1. The van der Waals surface area contributed by atoms with E-state index < -0.39 is 0 Å². The first-order valence-corrected chi connectivity index (χ1v) is 9.76. The van der Waals surface area contributed by atoms with Crippen molar-refractivity contribution in [3.63, 3.8) is 0 Å². The van der Waals surface area contributed by atoms with Gasteiger partial charge < -0.3 is 24.4 Å². The number of hydrogen-bond acceptors (Lipinski definition) is 7. The Balaban J connectivity index is 1.55. The number of benzene rings is 2. The van der Waals surface area contributed by atoms with Crippen LogP contribution in [-0.2, 0) is 11.3 Å². The highest BCUT2D eigenvalue weighted by molar-refractivity contribution is 6.00. The molecule has 1 fully saturated rings. The number of ether oxygens (including phenoxy) is 3. The molecule has 1 aliphatic heterocycles. The molecule has 8 heteroatoms. The van der Waals surface area contributed by atoms with Crippen LogP contribution in [0.3, 0.4) is 0 Å². The Morgan fingerprint density at radius 3 is 2.70 bits per heavy atom. The van der Waals surface area contributed by atoms with E-state index in [9.17, 15) is 4.79 Å². The number of hydrogen-bond donors (Lipinski definition) is 1. The van der Waals surface area contributed by atoms with Crippen LogP contribution in [0.4, 0.5) is 5.82 Å². The minimum absolute atomic E-state index is 0.174. The summed E-state index contributed by atoms with van der Waals surface area (Å²) in [5.74, 6) is 2.02. The molecular weight excluding hydrogens is 384 g/mol. The van der Waals surface area contributed by atoms with Gasteiger partial charge in [-0.05, 0) is 30.3 Å². The summed E-state index contributed by atoms with van der Waals surface area (Å²) in [6.45, 7) is 3.19. The maximum Gasteiger partial charge on any atom is 0.251 e. The zero-order chi connectivity index (χ0) is 20.9. The number of nitrogens with one attached hydrogen (secondary N) is 1. The van der Waals surface area contributed by atoms with E-state index in [2.05, 4.69) is 20.2 Å². The molecule has 0 bridgehead atoms. The zero-order valence-corrected chi connectivity index (χ0v) is 17.1. The lowest BCUT2D eigenvalue weighted by Gasteiger charge is -2.28. The van der Waals surface area contributed by atoms with Gasteiger partial charge >= 0.3 is 0 Å². The zero-order valence-electron chi connectivity index (χ0n) is 17.1. The fraction of sp³-hybridized carbons (Fsp3) is 0.318. The Hall–Kier alpha value is -3.39. The van der Waals surface area contributed by atoms with Crippen LogP contribution in [0.5, 0.6) is 11.5 Å². The number of carbonyl (C=O) groups excluding carboxylic acids is 1. The van der Waals surface area contributed by atoms with E-state index in [1.165, 1.54) is 0 Å². The number of methoxy groups -OCH3 is 2. The van der Waals surface area contributed by atoms with Gasteiger partial charge in [0.25, 0.3) is 5.91 Å². The highest BCUT2D eigenvalue weighted by Crippen LogP contribution is 2.26. The molecular formula is C22H24N4O4. The lowest BCUT2D eigenvalue weighted by atomic mass is 10.1. The summed E-state index contributed by atoms with van der Waals surface area (Å²) >= 11 is 0. The van der Waals surface area contributed by atoms with Crippen LogP contribution in [0, 0.1) is 0 Å². The summed E-state index contributed by atoms with van der Waals surface area (Å²) in [5, 5.41) is 3.81. The van der Waals surface area contributed by atoms with Crippen LogP contribution < -0.4 is 19.7 Å². The van der Waals surface area contributed by atoms with Crippen molar-refractivity contribution in [1.82, 2.24) is 15.3 Å². The number of nitrogens with zero attached hydrogens (tertiary/aromatic N) is 3. The van der Waals surface area contributed by atoms with Gasteiger partial charge in [-0.3, -0.25) is 4.79 Å². The fourth-order valence-electron chi connectivity index (χ4n) is 3.49. The maximum atomic E-state index is 12.8. The van der Waals surface area contributed by atoms with Gasteiger partial charge in [0.15, 0.2) is 0 Å². The molecule has 30 heavy (non-hydrogen) atoms. The van der Waals surface area contributed by atoms with Crippen LogP contribution >= 0.6 is 0 Å². The minimum Gasteiger partial charge on any atom is -0.497 e. The molecule has 8 nitrogen and oxygen atoms in total. The summed E-state index contributed by atoms with van der Waals surface area (Å²) in [5.41, 5.74) is 2.23. The Kier molecular flexibility index (Phi) is 5.94. The third kappa shape index (κ3) is 4.13. The van der Waals surface area contributed by atoms with Crippen molar-refractivity contribution in [2.24, 2.45) is 0 Å². The second-order valence-corrected chi connectivity index (χ2v) is 6.89. The van der Waals surface area contributed by atoms with Crippen molar-refractivity contribution in [3.05, 3.63) is 53.9 Å². The molecule has 1 aromatic heterocycles. The number of morpholine rings is 1. The predicted molar refractivity (Wildman–Crippen MR) is 113 cm³/mol. The lowest BCUT2D eigenvalue weighted by Crippen LogP contribution is -2.36. The van der Waals surface area contributed by atoms with E-state index in [-0.39, 0.29) is 5.91 Å². The first kappa shape index (κ1) is 19.9. The molecule has 0 aliphatic carbocycles. The quantitative estimate of drug-likeness (QED) is 0.670. The number of anilines is 1. The van der Waals surface area contributed by atoms with E-state index >= 15 is 0 Å². The van der Waals surface area contributed by atoms with Gasteiger partial charge in [-0.15, -0.1) is 0 Å². The average Bonchev–Trinajstić information content (AvgIpc) is 2.82. The molecule has 2 heterocycles. The smallest absolute Gasteiger partial charge is 0.251 e. The summed E-state index contributed by atoms with van der Waals surface area (Å²) in [6, 6.07) is 11.0. The Morgan fingerprint density at radius 1 is 1.10 bits per heavy atom. The molecule has 2 aromatic carbocycles.